The first-order chi connectivity index (χ1) is 13.6. The second-order valence-electron chi connectivity index (χ2n) is 6.05. The number of amides is 2. The quantitative estimate of drug-likeness (QED) is 0.613. The molecule has 2 amide bonds. The van der Waals surface area contributed by atoms with Crippen LogP contribution in [0.1, 0.15) is 23.7 Å². The summed E-state index contributed by atoms with van der Waals surface area (Å²) < 4.78 is 15.9. The van der Waals surface area contributed by atoms with Crippen molar-refractivity contribution in [1.82, 2.24) is 5.32 Å². The molecule has 1 atom stereocenters. The molecular formula is C21H26N2O5. The Morgan fingerprint density at radius 3 is 2.39 bits per heavy atom. The summed E-state index contributed by atoms with van der Waals surface area (Å²) in [5, 5.41) is 5.57. The number of nitrogens with one attached hydrogen (secondary N) is 2. The molecule has 0 bridgehead atoms. The van der Waals surface area contributed by atoms with Gasteiger partial charge in [0.2, 0.25) is 0 Å². The van der Waals surface area contributed by atoms with Gasteiger partial charge in [-0.25, -0.2) is 0 Å². The largest absolute Gasteiger partial charge is 0.493 e. The number of methoxy groups -OCH3 is 2. The molecule has 2 aromatic rings. The third kappa shape index (κ3) is 5.99. The van der Waals surface area contributed by atoms with E-state index in [4.69, 9.17) is 14.2 Å². The van der Waals surface area contributed by atoms with Gasteiger partial charge in [-0.1, -0.05) is 24.3 Å². The van der Waals surface area contributed by atoms with Crippen molar-refractivity contribution in [2.75, 3.05) is 32.7 Å². The summed E-state index contributed by atoms with van der Waals surface area (Å²) in [5.74, 6) is 0.380. The maximum atomic E-state index is 12.6. The Bertz CT molecular complexity index is 794. The molecule has 0 unspecified atom stereocenters. The van der Waals surface area contributed by atoms with Crippen LogP contribution in [0, 0.1) is 0 Å². The zero-order chi connectivity index (χ0) is 20.4. The third-order valence-electron chi connectivity index (χ3n) is 3.98. The fourth-order valence-electron chi connectivity index (χ4n) is 2.50. The van der Waals surface area contributed by atoms with Crippen LogP contribution in [0.5, 0.6) is 11.5 Å². The Labute approximate surface area is 165 Å². The van der Waals surface area contributed by atoms with Crippen LogP contribution >= 0.6 is 0 Å². The molecule has 0 aromatic heterocycles. The third-order valence-corrected chi connectivity index (χ3v) is 3.98. The molecule has 0 radical (unpaired) electrons. The van der Waals surface area contributed by atoms with Crippen LogP contribution in [0.25, 0.3) is 0 Å². The minimum atomic E-state index is -0.783. The molecular weight excluding hydrogens is 360 g/mol. The van der Waals surface area contributed by atoms with Crippen molar-refractivity contribution in [3.8, 4) is 11.5 Å². The second-order valence-corrected chi connectivity index (χ2v) is 6.05. The predicted molar refractivity (Wildman–Crippen MR) is 107 cm³/mol. The summed E-state index contributed by atoms with van der Waals surface area (Å²) >= 11 is 0. The van der Waals surface area contributed by atoms with Gasteiger partial charge in [0.05, 0.1) is 18.4 Å². The van der Waals surface area contributed by atoms with Gasteiger partial charge in [-0.3, -0.25) is 9.59 Å². The summed E-state index contributed by atoms with van der Waals surface area (Å²) in [6, 6.07) is 13.9. The van der Waals surface area contributed by atoms with E-state index in [1.54, 1.807) is 56.5 Å². The maximum absolute atomic E-state index is 12.6. The molecule has 0 spiro atoms. The molecule has 0 saturated carbocycles. The fraction of sp³-hybridized carbons (Fsp3) is 0.333. The number of benzene rings is 2. The van der Waals surface area contributed by atoms with Crippen molar-refractivity contribution >= 4 is 17.5 Å². The molecule has 2 rings (SSSR count). The van der Waals surface area contributed by atoms with E-state index in [9.17, 15) is 9.59 Å². The van der Waals surface area contributed by atoms with Gasteiger partial charge in [-0.2, -0.15) is 0 Å². The van der Waals surface area contributed by atoms with Crippen molar-refractivity contribution in [3.63, 3.8) is 0 Å². The monoisotopic (exact) mass is 386 g/mol. The zero-order valence-electron chi connectivity index (χ0n) is 16.4. The molecule has 28 heavy (non-hydrogen) atoms. The van der Waals surface area contributed by atoms with Gasteiger partial charge >= 0.3 is 0 Å². The first-order valence-corrected chi connectivity index (χ1v) is 9.03. The summed E-state index contributed by atoms with van der Waals surface area (Å²) in [6.07, 6.45) is -0.0743. The number of carbonyl (C=O) groups is 2. The standard InChI is InChI=1S/C21H26N2O5/c1-15(28-19-12-7-6-11-18(19)27-3)20(24)23-17-10-5-4-9-16(17)21(25)22-13-8-14-26-2/h4-7,9-12,15H,8,13-14H2,1-3H3,(H,22,25)(H,23,24)/t15-/m0/s1. The molecule has 2 aromatic carbocycles. The van der Waals surface area contributed by atoms with Crippen LogP contribution in [0.2, 0.25) is 0 Å². The molecule has 0 saturated heterocycles. The second kappa shape index (κ2) is 10.9. The lowest BCUT2D eigenvalue weighted by molar-refractivity contribution is -0.122. The number of para-hydroxylation sites is 3. The number of carbonyl (C=O) groups excluding carboxylic acids is 2. The van der Waals surface area contributed by atoms with Crippen molar-refractivity contribution < 1.29 is 23.8 Å². The highest BCUT2D eigenvalue weighted by atomic mass is 16.5. The Morgan fingerprint density at radius 1 is 1.00 bits per heavy atom. The number of ether oxygens (including phenoxy) is 3. The fourth-order valence-corrected chi connectivity index (χ4v) is 2.50. The molecule has 0 aliphatic rings. The van der Waals surface area contributed by atoms with Crippen molar-refractivity contribution in [2.45, 2.75) is 19.4 Å². The van der Waals surface area contributed by atoms with Gasteiger partial charge < -0.3 is 24.8 Å². The summed E-state index contributed by atoms with van der Waals surface area (Å²) in [6.45, 7) is 2.69. The van der Waals surface area contributed by atoms with Crippen LogP contribution in [-0.2, 0) is 9.53 Å². The van der Waals surface area contributed by atoms with Crippen molar-refractivity contribution in [1.29, 1.82) is 0 Å². The molecule has 7 nitrogen and oxygen atoms in total. The van der Waals surface area contributed by atoms with Gasteiger partial charge in [0.25, 0.3) is 11.8 Å². The van der Waals surface area contributed by atoms with E-state index in [1.807, 2.05) is 6.07 Å². The zero-order valence-corrected chi connectivity index (χ0v) is 16.4. The molecule has 0 aliphatic heterocycles. The number of rotatable bonds is 10. The normalized spacial score (nSPS) is 11.4. The van der Waals surface area contributed by atoms with E-state index in [1.165, 1.54) is 7.11 Å². The Morgan fingerprint density at radius 2 is 1.68 bits per heavy atom. The van der Waals surface area contributed by atoms with E-state index >= 15 is 0 Å². The van der Waals surface area contributed by atoms with Crippen LogP contribution in [0.15, 0.2) is 48.5 Å². The lowest BCUT2D eigenvalue weighted by atomic mass is 10.1. The lowest BCUT2D eigenvalue weighted by Crippen LogP contribution is -2.32. The maximum Gasteiger partial charge on any atom is 0.265 e. The van der Waals surface area contributed by atoms with E-state index in [-0.39, 0.29) is 11.8 Å². The topological polar surface area (TPSA) is 85.9 Å². The molecule has 0 aliphatic carbocycles. The molecule has 0 heterocycles. The minimum Gasteiger partial charge on any atom is -0.493 e. The number of hydrogen-bond donors (Lipinski definition) is 2. The molecule has 2 N–H and O–H groups in total. The Balaban J connectivity index is 2.02. The van der Waals surface area contributed by atoms with Crippen LogP contribution in [0.3, 0.4) is 0 Å². The predicted octanol–water partition coefficient (Wildman–Crippen LogP) is 2.87. The van der Waals surface area contributed by atoms with E-state index in [0.717, 1.165) is 0 Å². The smallest absolute Gasteiger partial charge is 0.265 e. The van der Waals surface area contributed by atoms with E-state index in [0.29, 0.717) is 42.3 Å². The van der Waals surface area contributed by atoms with Crippen molar-refractivity contribution in [3.05, 3.63) is 54.1 Å². The highest BCUT2D eigenvalue weighted by Gasteiger charge is 2.19. The Hall–Kier alpha value is -3.06. The summed E-state index contributed by atoms with van der Waals surface area (Å²) in [7, 11) is 3.15. The Kier molecular flexibility index (Phi) is 8.30. The first-order valence-electron chi connectivity index (χ1n) is 9.03. The highest BCUT2D eigenvalue weighted by Crippen LogP contribution is 2.27. The summed E-state index contributed by atoms with van der Waals surface area (Å²) in [4.78, 5) is 25.0. The van der Waals surface area contributed by atoms with Crippen molar-refractivity contribution in [2.24, 2.45) is 0 Å². The van der Waals surface area contributed by atoms with Crippen LogP contribution in [0.4, 0.5) is 5.69 Å². The first kappa shape index (κ1) is 21.2. The molecule has 150 valence electrons. The molecule has 0 fully saturated rings. The summed E-state index contributed by atoms with van der Waals surface area (Å²) in [5.41, 5.74) is 0.810. The van der Waals surface area contributed by atoms with Gasteiger partial charge in [0.1, 0.15) is 0 Å². The van der Waals surface area contributed by atoms with Gasteiger partial charge in [0, 0.05) is 20.3 Å². The minimum absolute atomic E-state index is 0.259. The number of anilines is 1. The van der Waals surface area contributed by atoms with Gasteiger partial charge in [-0.05, 0) is 37.6 Å². The molecule has 7 heteroatoms. The lowest BCUT2D eigenvalue weighted by Gasteiger charge is -2.17. The van der Waals surface area contributed by atoms with E-state index in [2.05, 4.69) is 10.6 Å². The van der Waals surface area contributed by atoms with Gasteiger partial charge in [-0.15, -0.1) is 0 Å². The van der Waals surface area contributed by atoms with Crippen LogP contribution < -0.4 is 20.1 Å². The highest BCUT2D eigenvalue weighted by molar-refractivity contribution is 6.04. The van der Waals surface area contributed by atoms with Crippen LogP contribution in [-0.4, -0.2) is 45.3 Å². The number of hydrogen-bond acceptors (Lipinski definition) is 5. The van der Waals surface area contributed by atoms with Gasteiger partial charge in [0.15, 0.2) is 17.6 Å². The average Bonchev–Trinajstić information content (AvgIpc) is 2.71. The SMILES string of the molecule is COCCCNC(=O)c1ccccc1NC(=O)[C@H](C)Oc1ccccc1OC. The average molecular weight is 386 g/mol. The van der Waals surface area contributed by atoms with E-state index < -0.39 is 6.10 Å².